The first-order chi connectivity index (χ1) is 8.45. The van der Waals surface area contributed by atoms with Crippen LogP contribution in [-0.2, 0) is 0 Å². The molecule has 0 radical (unpaired) electrons. The van der Waals surface area contributed by atoms with Crippen molar-refractivity contribution in [3.63, 3.8) is 0 Å². The standard InChI is InChI=1S/C14H20N2S/c1-2-10-9-17-7-6-16-13-4-5-15-8-12(13)11(3-1)14(10)16/h4-5,10-12,14H,1-3,6-9H2. The summed E-state index contributed by atoms with van der Waals surface area (Å²) in [6.45, 7) is 2.34. The van der Waals surface area contributed by atoms with Crippen LogP contribution in [0.5, 0.6) is 0 Å². The van der Waals surface area contributed by atoms with Crippen LogP contribution in [0.1, 0.15) is 19.3 Å². The van der Waals surface area contributed by atoms with Gasteiger partial charge in [-0.05, 0) is 36.5 Å². The molecule has 0 spiro atoms. The Kier molecular flexibility index (Phi) is 2.49. The highest BCUT2D eigenvalue weighted by Crippen LogP contribution is 2.50. The molecule has 17 heavy (non-hydrogen) atoms. The second kappa shape index (κ2) is 4.04. The first-order valence-electron chi connectivity index (χ1n) is 6.99. The van der Waals surface area contributed by atoms with E-state index in [0.717, 1.165) is 30.3 Å². The summed E-state index contributed by atoms with van der Waals surface area (Å²) < 4.78 is 0. The quantitative estimate of drug-likeness (QED) is 0.654. The fourth-order valence-electron chi connectivity index (χ4n) is 4.45. The van der Waals surface area contributed by atoms with E-state index in [9.17, 15) is 0 Å². The van der Waals surface area contributed by atoms with Gasteiger partial charge in [0, 0.05) is 42.7 Å². The number of hydrogen-bond acceptors (Lipinski definition) is 3. The van der Waals surface area contributed by atoms with Gasteiger partial charge in [0.15, 0.2) is 0 Å². The summed E-state index contributed by atoms with van der Waals surface area (Å²) in [7, 11) is 0. The summed E-state index contributed by atoms with van der Waals surface area (Å²) in [4.78, 5) is 7.28. The highest BCUT2D eigenvalue weighted by Gasteiger charge is 2.50. The fraction of sp³-hybridized carbons (Fsp3) is 0.786. The highest BCUT2D eigenvalue weighted by atomic mass is 32.2. The van der Waals surface area contributed by atoms with E-state index in [4.69, 9.17) is 0 Å². The molecule has 3 heteroatoms. The van der Waals surface area contributed by atoms with Crippen molar-refractivity contribution in [1.82, 2.24) is 4.90 Å². The molecule has 2 nitrogen and oxygen atoms in total. The Bertz CT molecular complexity index is 376. The van der Waals surface area contributed by atoms with Crippen LogP contribution in [0.3, 0.4) is 0 Å². The molecule has 1 saturated carbocycles. The maximum absolute atomic E-state index is 4.52. The Hall–Kier alpha value is -0.440. The van der Waals surface area contributed by atoms with Crippen LogP contribution in [0.15, 0.2) is 16.8 Å². The molecule has 4 rings (SSSR count). The number of aliphatic imine (C=N–C) groups is 1. The van der Waals surface area contributed by atoms with Gasteiger partial charge in [0.05, 0.1) is 0 Å². The van der Waals surface area contributed by atoms with Crippen molar-refractivity contribution >= 4 is 18.0 Å². The predicted molar refractivity (Wildman–Crippen MR) is 73.6 cm³/mol. The first-order valence-corrected chi connectivity index (χ1v) is 8.15. The van der Waals surface area contributed by atoms with Crippen molar-refractivity contribution in [1.29, 1.82) is 0 Å². The summed E-state index contributed by atoms with van der Waals surface area (Å²) in [6.07, 6.45) is 8.70. The molecule has 0 aromatic rings. The maximum atomic E-state index is 4.52. The second-order valence-corrected chi connectivity index (χ2v) is 6.98. The van der Waals surface area contributed by atoms with Gasteiger partial charge in [-0.3, -0.25) is 4.99 Å². The van der Waals surface area contributed by atoms with Crippen molar-refractivity contribution in [2.24, 2.45) is 22.7 Å². The van der Waals surface area contributed by atoms with E-state index in [0.29, 0.717) is 0 Å². The summed E-state index contributed by atoms with van der Waals surface area (Å²) in [5.74, 6) is 5.35. The maximum Gasteiger partial charge on any atom is 0.0475 e. The topological polar surface area (TPSA) is 15.6 Å². The molecule has 0 aromatic carbocycles. The molecule has 4 aliphatic rings. The van der Waals surface area contributed by atoms with Crippen LogP contribution in [0.2, 0.25) is 0 Å². The van der Waals surface area contributed by atoms with E-state index in [2.05, 4.69) is 27.7 Å². The molecule has 1 aliphatic carbocycles. The largest absolute Gasteiger partial charge is 0.370 e. The Morgan fingerprint density at radius 2 is 2.35 bits per heavy atom. The second-order valence-electron chi connectivity index (χ2n) is 5.83. The van der Waals surface area contributed by atoms with Crippen molar-refractivity contribution < 1.29 is 0 Å². The van der Waals surface area contributed by atoms with Gasteiger partial charge in [0.2, 0.25) is 0 Å². The zero-order valence-electron chi connectivity index (χ0n) is 10.2. The number of thioether (sulfide) groups is 1. The SMILES string of the molecule is C1=NCC2C(=C1)N1CCSCC3CCCC2C31. The van der Waals surface area contributed by atoms with Crippen LogP contribution in [0, 0.1) is 17.8 Å². The van der Waals surface area contributed by atoms with E-state index in [1.54, 1.807) is 5.70 Å². The summed E-state index contributed by atoms with van der Waals surface area (Å²) in [6, 6.07) is 0.858. The van der Waals surface area contributed by atoms with Gasteiger partial charge in [-0.25, -0.2) is 0 Å². The lowest BCUT2D eigenvalue weighted by molar-refractivity contribution is 0.144. The smallest absolute Gasteiger partial charge is 0.0475 e. The Labute approximate surface area is 108 Å². The number of hydrogen-bond donors (Lipinski definition) is 0. The minimum Gasteiger partial charge on any atom is -0.370 e. The van der Waals surface area contributed by atoms with Gasteiger partial charge in [0.1, 0.15) is 0 Å². The summed E-state index contributed by atoms with van der Waals surface area (Å²) in [5, 5.41) is 0. The minimum absolute atomic E-state index is 0.760. The van der Waals surface area contributed by atoms with Crippen molar-refractivity contribution in [3.05, 3.63) is 11.8 Å². The lowest BCUT2D eigenvalue weighted by Gasteiger charge is -2.37. The van der Waals surface area contributed by atoms with Gasteiger partial charge >= 0.3 is 0 Å². The number of fused-ring (bicyclic) bond motifs is 3. The molecule has 3 aliphatic heterocycles. The van der Waals surface area contributed by atoms with E-state index in [1.807, 2.05) is 6.21 Å². The van der Waals surface area contributed by atoms with Crippen LogP contribution < -0.4 is 0 Å². The van der Waals surface area contributed by atoms with E-state index >= 15 is 0 Å². The van der Waals surface area contributed by atoms with Gasteiger partial charge in [-0.2, -0.15) is 11.8 Å². The number of rotatable bonds is 0. The summed E-state index contributed by atoms with van der Waals surface area (Å²) >= 11 is 2.18. The molecule has 0 N–H and O–H groups in total. The zero-order valence-corrected chi connectivity index (χ0v) is 11.0. The van der Waals surface area contributed by atoms with Crippen molar-refractivity contribution in [2.45, 2.75) is 25.3 Å². The molecule has 0 aromatic heterocycles. The van der Waals surface area contributed by atoms with E-state index in [-0.39, 0.29) is 0 Å². The van der Waals surface area contributed by atoms with Crippen LogP contribution in [-0.4, -0.2) is 41.8 Å². The Morgan fingerprint density at radius 1 is 1.35 bits per heavy atom. The number of dihydropyridines is 1. The molecular formula is C14H20N2S. The minimum atomic E-state index is 0.760. The molecule has 2 saturated heterocycles. The molecule has 4 unspecified atom stereocenters. The number of nitrogens with zero attached hydrogens (tertiary/aromatic N) is 2. The van der Waals surface area contributed by atoms with Gasteiger partial charge in [-0.15, -0.1) is 0 Å². The monoisotopic (exact) mass is 248 g/mol. The first kappa shape index (κ1) is 10.5. The Balaban J connectivity index is 1.75. The molecule has 4 atom stereocenters. The third kappa shape index (κ3) is 1.51. The average Bonchev–Trinajstić information content (AvgIpc) is 2.56. The highest BCUT2D eigenvalue weighted by molar-refractivity contribution is 7.99. The van der Waals surface area contributed by atoms with Crippen molar-refractivity contribution in [3.8, 4) is 0 Å². The molecule has 0 amide bonds. The van der Waals surface area contributed by atoms with E-state index in [1.165, 1.54) is 37.3 Å². The fourth-order valence-corrected chi connectivity index (χ4v) is 5.60. The van der Waals surface area contributed by atoms with E-state index < -0.39 is 0 Å². The predicted octanol–water partition coefficient (Wildman–Crippen LogP) is 2.42. The lowest BCUT2D eigenvalue weighted by Crippen LogP contribution is -2.41. The average molecular weight is 248 g/mol. The van der Waals surface area contributed by atoms with Gasteiger partial charge in [-0.1, -0.05) is 6.42 Å². The third-order valence-corrected chi connectivity index (χ3v) is 6.22. The van der Waals surface area contributed by atoms with Gasteiger partial charge < -0.3 is 4.90 Å². The Morgan fingerprint density at radius 3 is 3.35 bits per heavy atom. The molecule has 3 fully saturated rings. The molecule has 92 valence electrons. The zero-order chi connectivity index (χ0) is 11.2. The molecule has 3 heterocycles. The van der Waals surface area contributed by atoms with Crippen LogP contribution in [0.4, 0.5) is 0 Å². The van der Waals surface area contributed by atoms with Crippen LogP contribution >= 0.6 is 11.8 Å². The van der Waals surface area contributed by atoms with Crippen molar-refractivity contribution in [2.75, 3.05) is 24.6 Å². The lowest BCUT2D eigenvalue weighted by atomic mass is 9.74. The normalized spacial score (nSPS) is 43.8. The van der Waals surface area contributed by atoms with Gasteiger partial charge in [0.25, 0.3) is 0 Å². The van der Waals surface area contributed by atoms with Crippen LogP contribution in [0.25, 0.3) is 0 Å². The molecule has 0 bridgehead atoms. The molecular weight excluding hydrogens is 228 g/mol. The third-order valence-electron chi connectivity index (χ3n) is 5.08. The summed E-state index contributed by atoms with van der Waals surface area (Å²) in [5.41, 5.74) is 1.63. The number of allylic oxidation sites excluding steroid dienone is 1.